The molecule has 0 aliphatic carbocycles. The zero-order chi connectivity index (χ0) is 22.1. The number of methoxy groups -OCH3 is 1. The molecule has 1 N–H and O–H groups in total. The molecule has 0 spiro atoms. The Balaban J connectivity index is 1.66. The number of ether oxygens (including phenoxy) is 1. The zero-order valence-corrected chi connectivity index (χ0v) is 18.2. The maximum Gasteiger partial charge on any atom is 0.174 e. The van der Waals surface area contributed by atoms with Crippen LogP contribution in [-0.4, -0.2) is 21.8 Å². The van der Waals surface area contributed by atoms with Crippen LogP contribution in [0.2, 0.25) is 0 Å². The summed E-state index contributed by atoms with van der Waals surface area (Å²) in [6.45, 7) is 0. The summed E-state index contributed by atoms with van der Waals surface area (Å²) in [5.74, 6) is 0.455. The van der Waals surface area contributed by atoms with E-state index >= 15 is 0 Å². The fourth-order valence-corrected chi connectivity index (χ4v) is 4.51. The van der Waals surface area contributed by atoms with Crippen LogP contribution in [0.5, 0.6) is 5.75 Å². The van der Waals surface area contributed by atoms with Gasteiger partial charge in [-0.05, 0) is 72.9 Å². The Morgan fingerprint density at radius 3 is 2.47 bits per heavy atom. The highest BCUT2D eigenvalue weighted by Gasteiger charge is 2.42. The predicted molar refractivity (Wildman–Crippen MR) is 127 cm³/mol. The van der Waals surface area contributed by atoms with Gasteiger partial charge in [0.1, 0.15) is 17.6 Å². The molecule has 2 atom stereocenters. The van der Waals surface area contributed by atoms with E-state index in [1.54, 1.807) is 25.4 Å². The van der Waals surface area contributed by atoms with Crippen molar-refractivity contribution in [1.82, 2.24) is 14.9 Å². The SMILES string of the molecule is COc1ccc(-n2cccc2[C@H]2[C@H](c3ccccn3)NC(=S)N2c2ccccc2F)cc1. The largest absolute Gasteiger partial charge is 0.497 e. The first-order valence-electron chi connectivity index (χ1n) is 10.2. The monoisotopic (exact) mass is 444 g/mol. The number of benzene rings is 2. The number of hydrogen-bond donors (Lipinski definition) is 1. The number of pyridine rings is 1. The Morgan fingerprint density at radius 1 is 0.969 bits per heavy atom. The smallest absolute Gasteiger partial charge is 0.174 e. The second kappa shape index (κ2) is 8.43. The van der Waals surface area contributed by atoms with Crippen LogP contribution in [0.4, 0.5) is 10.1 Å². The first-order valence-corrected chi connectivity index (χ1v) is 10.6. The minimum Gasteiger partial charge on any atom is -0.497 e. The van der Waals surface area contributed by atoms with Crippen molar-refractivity contribution in [2.75, 3.05) is 12.0 Å². The molecule has 0 radical (unpaired) electrons. The molecule has 0 amide bonds. The molecule has 7 heteroatoms. The van der Waals surface area contributed by atoms with Crippen molar-refractivity contribution in [3.8, 4) is 11.4 Å². The highest BCUT2D eigenvalue weighted by Crippen LogP contribution is 2.42. The van der Waals surface area contributed by atoms with E-state index < -0.39 is 0 Å². The van der Waals surface area contributed by atoms with Crippen molar-refractivity contribution in [3.05, 3.63) is 108 Å². The van der Waals surface area contributed by atoms with Gasteiger partial charge in [-0.25, -0.2) is 4.39 Å². The molecule has 2 aromatic heterocycles. The number of anilines is 1. The third-order valence-electron chi connectivity index (χ3n) is 5.64. The number of halogens is 1. The summed E-state index contributed by atoms with van der Waals surface area (Å²) < 4.78 is 22.3. The number of rotatable bonds is 5. The lowest BCUT2D eigenvalue weighted by atomic mass is 10.0. The maximum atomic E-state index is 14.9. The fourth-order valence-electron chi connectivity index (χ4n) is 4.18. The molecule has 0 bridgehead atoms. The molecule has 5 rings (SSSR count). The van der Waals surface area contributed by atoms with Crippen LogP contribution in [0, 0.1) is 5.82 Å². The van der Waals surface area contributed by atoms with Crippen LogP contribution < -0.4 is 15.0 Å². The average molecular weight is 445 g/mol. The van der Waals surface area contributed by atoms with Gasteiger partial charge in [0, 0.05) is 23.8 Å². The summed E-state index contributed by atoms with van der Waals surface area (Å²) in [7, 11) is 1.64. The minimum absolute atomic E-state index is 0.254. The van der Waals surface area contributed by atoms with Gasteiger partial charge >= 0.3 is 0 Å². The van der Waals surface area contributed by atoms with Gasteiger partial charge in [-0.15, -0.1) is 0 Å². The lowest BCUT2D eigenvalue weighted by Crippen LogP contribution is -2.31. The molecule has 1 aliphatic rings. The molecule has 4 aromatic rings. The van der Waals surface area contributed by atoms with E-state index in [0.717, 1.165) is 22.8 Å². The highest BCUT2D eigenvalue weighted by molar-refractivity contribution is 7.80. The molecular weight excluding hydrogens is 423 g/mol. The number of thiocarbonyl (C=S) groups is 1. The molecule has 0 unspecified atom stereocenters. The normalized spacial score (nSPS) is 17.9. The van der Waals surface area contributed by atoms with E-state index in [2.05, 4.69) is 14.9 Å². The predicted octanol–water partition coefficient (Wildman–Crippen LogP) is 5.20. The molecule has 1 saturated heterocycles. The fraction of sp³-hybridized carbons (Fsp3) is 0.120. The van der Waals surface area contributed by atoms with Gasteiger partial charge in [0.25, 0.3) is 0 Å². The summed E-state index contributed by atoms with van der Waals surface area (Å²) in [5.41, 5.74) is 3.19. The molecule has 3 heterocycles. The van der Waals surface area contributed by atoms with Crippen molar-refractivity contribution in [2.45, 2.75) is 12.1 Å². The summed E-state index contributed by atoms with van der Waals surface area (Å²) >= 11 is 5.70. The Labute approximate surface area is 191 Å². The summed E-state index contributed by atoms with van der Waals surface area (Å²) in [6.07, 6.45) is 3.75. The molecule has 32 heavy (non-hydrogen) atoms. The average Bonchev–Trinajstić information content (AvgIpc) is 3.44. The quantitative estimate of drug-likeness (QED) is 0.429. The lowest BCUT2D eigenvalue weighted by Gasteiger charge is -2.29. The van der Waals surface area contributed by atoms with E-state index in [-0.39, 0.29) is 17.9 Å². The molecular formula is C25H21FN4OS. The van der Waals surface area contributed by atoms with E-state index in [4.69, 9.17) is 17.0 Å². The molecule has 0 saturated carbocycles. The second-order valence-electron chi connectivity index (χ2n) is 7.45. The number of aromatic nitrogens is 2. The summed E-state index contributed by atoms with van der Waals surface area (Å²) in [6, 6.07) is 23.7. The van der Waals surface area contributed by atoms with Gasteiger partial charge in [0.15, 0.2) is 5.11 Å². The van der Waals surface area contributed by atoms with E-state index in [9.17, 15) is 4.39 Å². The van der Waals surface area contributed by atoms with Crippen LogP contribution in [0.25, 0.3) is 5.69 Å². The van der Waals surface area contributed by atoms with Crippen molar-refractivity contribution in [2.24, 2.45) is 0 Å². The third-order valence-corrected chi connectivity index (χ3v) is 5.96. The van der Waals surface area contributed by atoms with Crippen LogP contribution in [0.15, 0.2) is 91.3 Å². The van der Waals surface area contributed by atoms with Crippen molar-refractivity contribution in [3.63, 3.8) is 0 Å². The van der Waals surface area contributed by atoms with Gasteiger partial charge in [0.05, 0.1) is 24.5 Å². The van der Waals surface area contributed by atoms with E-state index in [1.807, 2.05) is 71.8 Å². The Morgan fingerprint density at radius 2 is 1.75 bits per heavy atom. The Kier molecular flexibility index (Phi) is 5.33. The molecule has 2 aromatic carbocycles. The molecule has 5 nitrogen and oxygen atoms in total. The van der Waals surface area contributed by atoms with Crippen LogP contribution in [-0.2, 0) is 0 Å². The third kappa shape index (κ3) is 3.50. The van der Waals surface area contributed by atoms with Gasteiger partial charge in [0.2, 0.25) is 0 Å². The van der Waals surface area contributed by atoms with Crippen LogP contribution in [0.1, 0.15) is 23.5 Å². The Bertz CT molecular complexity index is 1240. The van der Waals surface area contributed by atoms with Crippen LogP contribution in [0.3, 0.4) is 0 Å². The molecule has 1 fully saturated rings. The maximum absolute atomic E-state index is 14.9. The number of nitrogens with one attached hydrogen (secondary N) is 1. The molecule has 160 valence electrons. The van der Waals surface area contributed by atoms with Gasteiger partial charge in [-0.2, -0.15) is 0 Å². The second-order valence-corrected chi connectivity index (χ2v) is 7.84. The number of nitrogens with zero attached hydrogens (tertiary/aromatic N) is 3. The first kappa shape index (κ1) is 20.2. The number of para-hydroxylation sites is 1. The van der Waals surface area contributed by atoms with Crippen molar-refractivity contribution < 1.29 is 9.13 Å². The summed E-state index contributed by atoms with van der Waals surface area (Å²) in [4.78, 5) is 6.41. The zero-order valence-electron chi connectivity index (χ0n) is 17.4. The molecule has 1 aliphatic heterocycles. The van der Waals surface area contributed by atoms with Gasteiger partial charge < -0.3 is 19.5 Å². The first-order chi connectivity index (χ1) is 15.7. The van der Waals surface area contributed by atoms with Gasteiger partial charge in [-0.3, -0.25) is 4.98 Å². The minimum atomic E-state index is -0.328. The standard InChI is InChI=1S/C25H21FN4OS/c1-31-18-13-11-17(12-14-18)29-16-6-10-22(29)24-23(20-8-4-5-15-27-20)28-25(32)30(24)21-9-3-2-7-19(21)26/h2-16,23-24H,1H3,(H,28,32)/t23-,24-/m0/s1. The van der Waals surface area contributed by atoms with Crippen molar-refractivity contribution in [1.29, 1.82) is 0 Å². The lowest BCUT2D eigenvalue weighted by molar-refractivity contribution is 0.414. The highest BCUT2D eigenvalue weighted by atomic mass is 32.1. The summed E-state index contributed by atoms with van der Waals surface area (Å²) in [5, 5.41) is 3.83. The van der Waals surface area contributed by atoms with Crippen molar-refractivity contribution >= 4 is 23.0 Å². The Hall–Kier alpha value is -3.71. The van der Waals surface area contributed by atoms with E-state index in [0.29, 0.717) is 10.8 Å². The van der Waals surface area contributed by atoms with Crippen LogP contribution >= 0.6 is 12.2 Å². The van der Waals surface area contributed by atoms with E-state index in [1.165, 1.54) is 6.07 Å². The van der Waals surface area contributed by atoms with Gasteiger partial charge in [-0.1, -0.05) is 18.2 Å². The number of hydrogen-bond acceptors (Lipinski definition) is 3. The topological polar surface area (TPSA) is 42.3 Å².